The lowest BCUT2D eigenvalue weighted by molar-refractivity contribution is -0.140. The molecule has 1 unspecified atom stereocenters. The molecule has 0 fully saturated rings. The van der Waals surface area contributed by atoms with Gasteiger partial charge in [-0.25, -0.2) is 8.42 Å². The van der Waals surface area contributed by atoms with E-state index in [1.165, 1.54) is 37.3 Å². The lowest BCUT2D eigenvalue weighted by Crippen LogP contribution is -2.31. The van der Waals surface area contributed by atoms with Gasteiger partial charge in [0.2, 0.25) is 0 Å². The van der Waals surface area contributed by atoms with Crippen molar-refractivity contribution in [3.05, 3.63) is 59.2 Å². The maximum atomic E-state index is 12.5. The Morgan fingerprint density at radius 1 is 1.04 bits per heavy atom. The molecule has 27 heavy (non-hydrogen) atoms. The first-order valence-corrected chi connectivity index (χ1v) is 9.79. The van der Waals surface area contributed by atoms with Crippen LogP contribution in [0.2, 0.25) is 0 Å². The summed E-state index contributed by atoms with van der Waals surface area (Å²) < 4.78 is 27.4. The van der Waals surface area contributed by atoms with Crippen molar-refractivity contribution >= 4 is 27.6 Å². The zero-order valence-electron chi connectivity index (χ0n) is 15.3. The summed E-state index contributed by atoms with van der Waals surface area (Å²) >= 11 is 0. The third kappa shape index (κ3) is 5.30. The summed E-state index contributed by atoms with van der Waals surface area (Å²) in [6, 6.07) is 10.8. The number of carboxylic acid groups (broad SMARTS) is 1. The van der Waals surface area contributed by atoms with Crippen LogP contribution in [0.15, 0.2) is 47.4 Å². The van der Waals surface area contributed by atoms with Gasteiger partial charge in [0, 0.05) is 17.8 Å². The van der Waals surface area contributed by atoms with Gasteiger partial charge in [0.05, 0.1) is 10.8 Å². The average Bonchev–Trinajstić information content (AvgIpc) is 2.61. The van der Waals surface area contributed by atoms with E-state index in [1.807, 2.05) is 13.8 Å². The van der Waals surface area contributed by atoms with E-state index in [9.17, 15) is 18.0 Å². The summed E-state index contributed by atoms with van der Waals surface area (Å²) in [6.45, 7) is 5.25. The maximum Gasteiger partial charge on any atom is 0.308 e. The first-order valence-electron chi connectivity index (χ1n) is 8.31. The van der Waals surface area contributed by atoms with Crippen molar-refractivity contribution in [3.8, 4) is 0 Å². The Kier molecular flexibility index (Phi) is 6.22. The fourth-order valence-corrected chi connectivity index (χ4v) is 3.36. The quantitative estimate of drug-likeness (QED) is 0.672. The highest BCUT2D eigenvalue weighted by atomic mass is 32.2. The second-order valence-electron chi connectivity index (χ2n) is 6.38. The number of carbonyl (C=O) groups is 2. The monoisotopic (exact) mass is 390 g/mol. The summed E-state index contributed by atoms with van der Waals surface area (Å²) in [4.78, 5) is 22.9. The number of carbonyl (C=O) groups excluding carboxylic acids is 1. The lowest BCUT2D eigenvalue weighted by atomic mass is 10.1. The van der Waals surface area contributed by atoms with Gasteiger partial charge in [-0.1, -0.05) is 13.0 Å². The summed E-state index contributed by atoms with van der Waals surface area (Å²) in [5.41, 5.74) is 2.51. The number of sulfonamides is 1. The van der Waals surface area contributed by atoms with Crippen LogP contribution in [0.25, 0.3) is 0 Å². The number of amides is 1. The van der Waals surface area contributed by atoms with Crippen molar-refractivity contribution in [2.75, 3.05) is 11.3 Å². The first kappa shape index (κ1) is 20.4. The number of rotatable bonds is 7. The number of nitrogens with one attached hydrogen (secondary N) is 2. The molecule has 3 N–H and O–H groups in total. The van der Waals surface area contributed by atoms with Crippen molar-refractivity contribution in [3.63, 3.8) is 0 Å². The highest BCUT2D eigenvalue weighted by molar-refractivity contribution is 7.92. The maximum absolute atomic E-state index is 12.5. The van der Waals surface area contributed by atoms with E-state index >= 15 is 0 Å². The Morgan fingerprint density at radius 3 is 2.22 bits per heavy atom. The minimum absolute atomic E-state index is 0.00925. The van der Waals surface area contributed by atoms with E-state index in [0.717, 1.165) is 11.1 Å². The molecule has 0 radical (unpaired) electrons. The van der Waals surface area contributed by atoms with E-state index in [-0.39, 0.29) is 11.4 Å². The van der Waals surface area contributed by atoms with Crippen LogP contribution < -0.4 is 10.0 Å². The van der Waals surface area contributed by atoms with Crippen molar-refractivity contribution in [1.29, 1.82) is 0 Å². The minimum atomic E-state index is -3.73. The van der Waals surface area contributed by atoms with Crippen LogP contribution in [0.1, 0.15) is 28.4 Å². The predicted octanol–water partition coefficient (Wildman–Crippen LogP) is 2.55. The Balaban J connectivity index is 2.07. The first-order chi connectivity index (χ1) is 12.6. The molecule has 0 aliphatic heterocycles. The second kappa shape index (κ2) is 8.22. The Bertz CT molecular complexity index is 953. The van der Waals surface area contributed by atoms with E-state index in [0.29, 0.717) is 11.3 Å². The molecule has 0 spiro atoms. The highest BCUT2D eigenvalue weighted by Crippen LogP contribution is 2.19. The molecule has 0 aromatic heterocycles. The third-order valence-electron chi connectivity index (χ3n) is 4.18. The SMILES string of the molecule is Cc1ccc(S(=O)(=O)Nc2ccc(C(=O)NCC(C)C(=O)O)cc2)cc1C. The number of benzene rings is 2. The summed E-state index contributed by atoms with van der Waals surface area (Å²) in [5.74, 6) is -2.11. The molecule has 2 rings (SSSR count). The molecule has 1 amide bonds. The van der Waals surface area contributed by atoms with Crippen LogP contribution >= 0.6 is 0 Å². The summed E-state index contributed by atoms with van der Waals surface area (Å²) in [6.07, 6.45) is 0. The molecule has 1 atom stereocenters. The summed E-state index contributed by atoms with van der Waals surface area (Å²) in [7, 11) is -3.73. The van der Waals surface area contributed by atoms with Crippen molar-refractivity contribution < 1.29 is 23.1 Å². The van der Waals surface area contributed by atoms with Crippen LogP contribution in [0, 0.1) is 19.8 Å². The lowest BCUT2D eigenvalue weighted by Gasteiger charge is -2.11. The standard InChI is InChI=1S/C19H22N2O5S/c1-12-4-9-17(10-13(12)2)27(25,26)21-16-7-5-15(6-8-16)18(22)20-11-14(3)19(23)24/h4-10,14,21H,11H2,1-3H3,(H,20,22)(H,23,24). The largest absolute Gasteiger partial charge is 0.481 e. The van der Waals surface area contributed by atoms with Crippen molar-refractivity contribution in [2.24, 2.45) is 5.92 Å². The van der Waals surface area contributed by atoms with Gasteiger partial charge < -0.3 is 10.4 Å². The smallest absolute Gasteiger partial charge is 0.308 e. The van der Waals surface area contributed by atoms with Gasteiger partial charge in [-0.05, 0) is 61.4 Å². The van der Waals surface area contributed by atoms with Gasteiger partial charge in [0.15, 0.2) is 0 Å². The van der Waals surface area contributed by atoms with Crippen LogP contribution in [0.3, 0.4) is 0 Å². The second-order valence-corrected chi connectivity index (χ2v) is 8.06. The Hall–Kier alpha value is -2.87. The molecule has 8 heteroatoms. The zero-order chi connectivity index (χ0) is 20.2. The molecule has 2 aromatic rings. The van der Waals surface area contributed by atoms with Crippen LogP contribution in [0.4, 0.5) is 5.69 Å². The van der Waals surface area contributed by atoms with Gasteiger partial charge in [-0.3, -0.25) is 14.3 Å². The fourth-order valence-electron chi connectivity index (χ4n) is 2.22. The number of anilines is 1. The molecule has 144 valence electrons. The van der Waals surface area contributed by atoms with Gasteiger partial charge in [-0.2, -0.15) is 0 Å². The number of carboxylic acids is 1. The molecular weight excluding hydrogens is 368 g/mol. The molecular formula is C19H22N2O5S. The molecule has 2 aromatic carbocycles. The Labute approximate surface area is 158 Å². The molecule has 0 aliphatic carbocycles. The zero-order valence-corrected chi connectivity index (χ0v) is 16.1. The van der Waals surface area contributed by atoms with Gasteiger partial charge >= 0.3 is 5.97 Å². The normalized spacial score (nSPS) is 12.3. The van der Waals surface area contributed by atoms with Crippen molar-refractivity contribution in [2.45, 2.75) is 25.7 Å². The van der Waals surface area contributed by atoms with Gasteiger partial charge in [-0.15, -0.1) is 0 Å². The third-order valence-corrected chi connectivity index (χ3v) is 5.56. The van der Waals surface area contributed by atoms with Crippen molar-refractivity contribution in [1.82, 2.24) is 5.32 Å². The molecule has 0 bridgehead atoms. The topological polar surface area (TPSA) is 113 Å². The Morgan fingerprint density at radius 2 is 1.67 bits per heavy atom. The fraction of sp³-hybridized carbons (Fsp3) is 0.263. The average molecular weight is 390 g/mol. The number of aliphatic carboxylic acids is 1. The number of hydrogen-bond donors (Lipinski definition) is 3. The summed E-state index contributed by atoms with van der Waals surface area (Å²) in [5, 5.41) is 11.3. The van der Waals surface area contributed by atoms with Gasteiger partial charge in [0.1, 0.15) is 0 Å². The van der Waals surface area contributed by atoms with Crippen LogP contribution in [-0.4, -0.2) is 31.9 Å². The molecule has 0 aliphatic rings. The highest BCUT2D eigenvalue weighted by Gasteiger charge is 2.16. The van der Waals surface area contributed by atoms with E-state index in [4.69, 9.17) is 5.11 Å². The molecule has 0 saturated carbocycles. The molecule has 0 heterocycles. The van der Waals surface area contributed by atoms with Gasteiger partial charge in [0.25, 0.3) is 15.9 Å². The van der Waals surface area contributed by atoms with Crippen LogP contribution in [-0.2, 0) is 14.8 Å². The van der Waals surface area contributed by atoms with E-state index in [2.05, 4.69) is 10.0 Å². The van der Waals surface area contributed by atoms with E-state index < -0.39 is 27.8 Å². The predicted molar refractivity (Wildman–Crippen MR) is 102 cm³/mol. The molecule has 0 saturated heterocycles. The van der Waals surface area contributed by atoms with E-state index in [1.54, 1.807) is 12.1 Å². The number of hydrogen-bond acceptors (Lipinski definition) is 4. The van der Waals surface area contributed by atoms with Crippen LogP contribution in [0.5, 0.6) is 0 Å². The number of aryl methyl sites for hydroxylation is 2. The molecule has 7 nitrogen and oxygen atoms in total. The minimum Gasteiger partial charge on any atom is -0.481 e.